The third kappa shape index (κ3) is 1.11. The van der Waals surface area contributed by atoms with E-state index in [1.165, 1.54) is 0 Å². The Kier molecular flexibility index (Phi) is 1.83. The Labute approximate surface area is 112 Å². The van der Waals surface area contributed by atoms with Gasteiger partial charge in [0.15, 0.2) is 0 Å². The second-order valence-electron chi connectivity index (χ2n) is 7.15. The van der Waals surface area contributed by atoms with Crippen LogP contribution >= 0.6 is 0 Å². The minimum atomic E-state index is 0.0326. The number of Topliss-reactive ketones (excluding diaryl/α,β-unsaturated/α-hetero) is 2. The van der Waals surface area contributed by atoms with Gasteiger partial charge >= 0.3 is 0 Å². The second kappa shape index (κ2) is 3.28. The summed E-state index contributed by atoms with van der Waals surface area (Å²) in [6.45, 7) is 0. The van der Waals surface area contributed by atoms with Crippen LogP contribution in [-0.4, -0.2) is 11.6 Å². The normalized spacial score (nSPS) is 56.6. The lowest BCUT2D eigenvalue weighted by Gasteiger charge is -2.50. The number of rotatable bonds is 0. The van der Waals surface area contributed by atoms with Crippen molar-refractivity contribution < 1.29 is 9.59 Å². The van der Waals surface area contributed by atoms with Crippen molar-refractivity contribution in [3.05, 3.63) is 24.3 Å². The van der Waals surface area contributed by atoms with Gasteiger partial charge < -0.3 is 0 Å². The number of hydrogen-bond acceptors (Lipinski definition) is 2. The molecule has 98 valence electrons. The van der Waals surface area contributed by atoms with Crippen molar-refractivity contribution in [2.75, 3.05) is 0 Å². The third-order valence-corrected chi connectivity index (χ3v) is 6.52. The predicted octanol–water partition coefficient (Wildman–Crippen LogP) is 2.40. The zero-order valence-corrected chi connectivity index (χ0v) is 10.9. The van der Waals surface area contributed by atoms with Gasteiger partial charge in [-0.25, -0.2) is 0 Å². The summed E-state index contributed by atoms with van der Waals surface area (Å²) < 4.78 is 0. The summed E-state index contributed by atoms with van der Waals surface area (Å²) in [5, 5.41) is 0. The van der Waals surface area contributed by atoms with Crippen LogP contribution in [-0.2, 0) is 9.59 Å². The zero-order valence-electron chi connectivity index (χ0n) is 10.9. The standard InChI is InChI=1S/C17H18O2/c18-16-12-8-1-2-9(4-3-8)13(12)17(19)15-11-6-5-10(7-11)14(15)16/h1-2,5-6,8-15H,3-4,7H2/t8-,9+,10-,11-,12+,13+,14+,15-/m0/s1. The Morgan fingerprint density at radius 1 is 0.632 bits per heavy atom. The highest BCUT2D eigenvalue weighted by Crippen LogP contribution is 2.58. The number of carbonyl (C=O) groups excluding carboxylic acids is 2. The minimum Gasteiger partial charge on any atom is -0.299 e. The molecule has 0 N–H and O–H groups in total. The van der Waals surface area contributed by atoms with Crippen LogP contribution in [0, 0.1) is 47.3 Å². The molecule has 6 aliphatic rings. The molecular formula is C17H18O2. The Morgan fingerprint density at radius 3 is 1.42 bits per heavy atom. The molecule has 0 aromatic heterocycles. The lowest BCUT2D eigenvalue weighted by Crippen LogP contribution is -2.56. The van der Waals surface area contributed by atoms with Crippen molar-refractivity contribution in [1.29, 1.82) is 0 Å². The van der Waals surface area contributed by atoms with Crippen LogP contribution in [0.25, 0.3) is 0 Å². The van der Waals surface area contributed by atoms with Crippen molar-refractivity contribution in [2.24, 2.45) is 47.3 Å². The fraction of sp³-hybridized carbons (Fsp3) is 0.647. The molecular weight excluding hydrogens is 236 g/mol. The highest BCUT2D eigenvalue weighted by molar-refractivity contribution is 6.01. The molecule has 2 nitrogen and oxygen atoms in total. The second-order valence-corrected chi connectivity index (χ2v) is 7.15. The van der Waals surface area contributed by atoms with Crippen LogP contribution in [0.2, 0.25) is 0 Å². The van der Waals surface area contributed by atoms with Gasteiger partial charge in [0.2, 0.25) is 0 Å². The minimum absolute atomic E-state index is 0.0326. The van der Waals surface area contributed by atoms with E-state index in [9.17, 15) is 9.59 Å². The van der Waals surface area contributed by atoms with Gasteiger partial charge in [-0.3, -0.25) is 9.59 Å². The highest BCUT2D eigenvalue weighted by Gasteiger charge is 2.62. The smallest absolute Gasteiger partial charge is 0.141 e. The van der Waals surface area contributed by atoms with Crippen LogP contribution in [0.4, 0.5) is 0 Å². The van der Waals surface area contributed by atoms with E-state index in [-0.39, 0.29) is 23.7 Å². The number of hydrogen-bond donors (Lipinski definition) is 0. The summed E-state index contributed by atoms with van der Waals surface area (Å²) in [5.41, 5.74) is 0. The van der Waals surface area contributed by atoms with Crippen molar-refractivity contribution in [3.8, 4) is 0 Å². The van der Waals surface area contributed by atoms with Crippen LogP contribution in [0.3, 0.4) is 0 Å². The van der Waals surface area contributed by atoms with Crippen molar-refractivity contribution in [2.45, 2.75) is 19.3 Å². The molecule has 0 spiro atoms. The molecule has 0 aliphatic heterocycles. The van der Waals surface area contributed by atoms with Gasteiger partial charge in [-0.1, -0.05) is 24.3 Å². The summed E-state index contributed by atoms with van der Waals surface area (Å²) in [4.78, 5) is 25.9. The summed E-state index contributed by atoms with van der Waals surface area (Å²) in [7, 11) is 0. The van der Waals surface area contributed by atoms with Gasteiger partial charge in [-0.15, -0.1) is 0 Å². The van der Waals surface area contributed by atoms with Gasteiger partial charge in [0.05, 0.1) is 0 Å². The van der Waals surface area contributed by atoms with E-state index in [1.54, 1.807) is 0 Å². The average molecular weight is 254 g/mol. The molecule has 6 aliphatic carbocycles. The number of allylic oxidation sites excluding steroid dienone is 4. The van der Waals surface area contributed by atoms with Crippen LogP contribution < -0.4 is 0 Å². The van der Waals surface area contributed by atoms with Crippen molar-refractivity contribution in [3.63, 3.8) is 0 Å². The number of carbonyl (C=O) groups is 2. The van der Waals surface area contributed by atoms with Gasteiger partial charge in [0.25, 0.3) is 0 Å². The van der Waals surface area contributed by atoms with E-state index in [2.05, 4.69) is 24.3 Å². The Hall–Kier alpha value is -1.18. The quantitative estimate of drug-likeness (QED) is 0.622. The molecule has 0 saturated heterocycles. The summed E-state index contributed by atoms with van der Waals surface area (Å²) in [6.07, 6.45) is 12.1. The van der Waals surface area contributed by atoms with E-state index in [0.717, 1.165) is 19.3 Å². The first-order valence-corrected chi connectivity index (χ1v) is 7.70. The Bertz CT molecular complexity index is 497. The Balaban J connectivity index is 1.64. The van der Waals surface area contributed by atoms with Gasteiger partial charge in [-0.05, 0) is 42.9 Å². The van der Waals surface area contributed by atoms with E-state index in [0.29, 0.717) is 35.2 Å². The van der Waals surface area contributed by atoms with Crippen molar-refractivity contribution >= 4 is 11.6 Å². The molecule has 0 radical (unpaired) electrons. The molecule has 0 aromatic rings. The molecule has 6 rings (SSSR count). The molecule has 19 heavy (non-hydrogen) atoms. The largest absolute Gasteiger partial charge is 0.299 e. The first kappa shape index (κ1) is 10.6. The Morgan fingerprint density at radius 2 is 1.00 bits per heavy atom. The molecule has 0 aromatic carbocycles. The fourth-order valence-corrected chi connectivity index (χ4v) is 5.81. The van der Waals surface area contributed by atoms with E-state index >= 15 is 0 Å². The topological polar surface area (TPSA) is 34.1 Å². The monoisotopic (exact) mass is 254 g/mol. The van der Waals surface area contributed by atoms with E-state index in [4.69, 9.17) is 0 Å². The molecule has 0 amide bonds. The first-order valence-electron chi connectivity index (χ1n) is 7.70. The number of fused-ring (bicyclic) bond motifs is 6. The molecule has 8 atom stereocenters. The van der Waals surface area contributed by atoms with Crippen LogP contribution in [0.5, 0.6) is 0 Å². The lowest BCUT2D eigenvalue weighted by atomic mass is 9.51. The molecule has 0 unspecified atom stereocenters. The maximum atomic E-state index is 12.9. The predicted molar refractivity (Wildman–Crippen MR) is 70.1 cm³/mol. The third-order valence-electron chi connectivity index (χ3n) is 6.52. The fourth-order valence-electron chi connectivity index (χ4n) is 5.81. The summed E-state index contributed by atoms with van der Waals surface area (Å²) in [6, 6.07) is 0. The lowest BCUT2D eigenvalue weighted by molar-refractivity contribution is -0.154. The molecule has 0 heterocycles. The van der Waals surface area contributed by atoms with Gasteiger partial charge in [-0.2, -0.15) is 0 Å². The molecule has 2 heteroatoms. The van der Waals surface area contributed by atoms with Gasteiger partial charge in [0.1, 0.15) is 11.6 Å². The van der Waals surface area contributed by atoms with Gasteiger partial charge in [0, 0.05) is 23.7 Å². The first-order chi connectivity index (χ1) is 9.25. The van der Waals surface area contributed by atoms with E-state index in [1.807, 2.05) is 0 Å². The molecule has 3 saturated carbocycles. The summed E-state index contributed by atoms with van der Waals surface area (Å²) >= 11 is 0. The maximum Gasteiger partial charge on any atom is 0.141 e. The summed E-state index contributed by atoms with van der Waals surface area (Å²) in [5.74, 6) is 2.47. The van der Waals surface area contributed by atoms with Crippen LogP contribution in [0.1, 0.15) is 19.3 Å². The SMILES string of the molecule is O=C1[C@@H]2[C@H](C(=O)[C@H]3[C@H]1[C@@H]1C=C[C@H]3CC1)[C@H]1C=C[C@H]2C1. The van der Waals surface area contributed by atoms with Crippen LogP contribution in [0.15, 0.2) is 24.3 Å². The average Bonchev–Trinajstić information content (AvgIpc) is 3.06. The molecule has 3 fully saturated rings. The molecule has 4 bridgehead atoms. The highest BCUT2D eigenvalue weighted by atomic mass is 16.1. The number of ketones is 2. The van der Waals surface area contributed by atoms with E-state index < -0.39 is 0 Å². The van der Waals surface area contributed by atoms with Crippen molar-refractivity contribution in [1.82, 2.24) is 0 Å². The maximum absolute atomic E-state index is 12.9. The zero-order chi connectivity index (χ0) is 12.7.